The zero-order valence-corrected chi connectivity index (χ0v) is 20.8. The van der Waals surface area contributed by atoms with Crippen LogP contribution in [-0.2, 0) is 26.5 Å². The Hall–Kier alpha value is -2.92. The highest BCUT2D eigenvalue weighted by atomic mass is 35.5. The number of amides is 1. The Morgan fingerprint density at radius 1 is 0.941 bits per heavy atom. The fourth-order valence-electron chi connectivity index (χ4n) is 3.71. The van der Waals surface area contributed by atoms with Crippen molar-refractivity contribution in [3.63, 3.8) is 0 Å². The molecule has 0 spiro atoms. The first kappa shape index (κ1) is 24.2. The third kappa shape index (κ3) is 4.54. The van der Waals surface area contributed by atoms with Gasteiger partial charge >= 0.3 is 0 Å². The molecular weight excluding hydrogens is 498 g/mol. The minimum absolute atomic E-state index is 0.0351. The van der Waals surface area contributed by atoms with Gasteiger partial charge in [-0.15, -0.1) is 0 Å². The minimum Gasteiger partial charge on any atom is -0.322 e. The fraction of sp³-hybridized carbons (Fsp3) is 0.174. The van der Waals surface area contributed by atoms with Crippen molar-refractivity contribution in [2.45, 2.75) is 23.1 Å². The van der Waals surface area contributed by atoms with E-state index in [1.165, 1.54) is 47.8 Å². The predicted octanol–water partition coefficient (Wildman–Crippen LogP) is 3.56. The molecule has 1 amide bonds. The molecule has 11 heteroatoms. The molecule has 0 saturated heterocycles. The second kappa shape index (κ2) is 9.03. The molecule has 34 heavy (non-hydrogen) atoms. The molecule has 0 unspecified atom stereocenters. The van der Waals surface area contributed by atoms with Crippen LogP contribution in [0.5, 0.6) is 0 Å². The third-order valence-electron chi connectivity index (χ3n) is 5.63. The Morgan fingerprint density at radius 3 is 2.29 bits per heavy atom. The zero-order chi connectivity index (χ0) is 24.7. The Bertz CT molecular complexity index is 1490. The van der Waals surface area contributed by atoms with Crippen LogP contribution in [-0.4, -0.2) is 36.3 Å². The molecule has 178 valence electrons. The van der Waals surface area contributed by atoms with Crippen LogP contribution in [0, 0.1) is 6.92 Å². The number of sulfonamides is 2. The molecule has 0 fully saturated rings. The zero-order valence-electron chi connectivity index (χ0n) is 18.4. The van der Waals surface area contributed by atoms with Crippen molar-refractivity contribution in [1.29, 1.82) is 0 Å². The Labute approximate surface area is 203 Å². The Kier molecular flexibility index (Phi) is 6.43. The van der Waals surface area contributed by atoms with E-state index in [4.69, 9.17) is 11.6 Å². The van der Waals surface area contributed by atoms with E-state index in [0.29, 0.717) is 33.9 Å². The highest BCUT2D eigenvalue weighted by Gasteiger charge is 2.31. The molecule has 0 saturated carbocycles. The maximum Gasteiger partial charge on any atom is 0.264 e. The monoisotopic (exact) mass is 519 g/mol. The summed E-state index contributed by atoms with van der Waals surface area (Å²) in [5.41, 5.74) is 2.66. The number of halogens is 1. The van der Waals surface area contributed by atoms with Gasteiger partial charge < -0.3 is 5.32 Å². The lowest BCUT2D eigenvalue weighted by molar-refractivity contribution is 0.102. The summed E-state index contributed by atoms with van der Waals surface area (Å²) in [4.78, 5) is 13.1. The van der Waals surface area contributed by atoms with Gasteiger partial charge in [-0.2, -0.15) is 0 Å². The molecule has 0 aliphatic carbocycles. The molecule has 8 nitrogen and oxygen atoms in total. The number of fused-ring (bicyclic) bond motifs is 1. The van der Waals surface area contributed by atoms with Crippen molar-refractivity contribution >= 4 is 48.9 Å². The molecule has 2 N–H and O–H groups in total. The van der Waals surface area contributed by atoms with Crippen molar-refractivity contribution in [3.05, 3.63) is 82.4 Å². The van der Waals surface area contributed by atoms with Crippen LogP contribution in [0.4, 0.5) is 11.4 Å². The summed E-state index contributed by atoms with van der Waals surface area (Å²) in [5, 5.41) is 3.20. The topological polar surface area (TPSA) is 113 Å². The number of nitrogens with zero attached hydrogens (tertiary/aromatic N) is 1. The van der Waals surface area contributed by atoms with Gasteiger partial charge in [0, 0.05) is 22.8 Å². The van der Waals surface area contributed by atoms with Gasteiger partial charge in [0.05, 0.1) is 15.5 Å². The molecular formula is C23H22ClN3O5S2. The molecule has 3 aromatic rings. The number of carbonyl (C=O) groups excluding carboxylic acids is 1. The van der Waals surface area contributed by atoms with Crippen molar-refractivity contribution in [1.82, 2.24) is 4.72 Å². The van der Waals surface area contributed by atoms with E-state index in [2.05, 4.69) is 10.0 Å². The van der Waals surface area contributed by atoms with E-state index in [-0.39, 0.29) is 16.3 Å². The van der Waals surface area contributed by atoms with Crippen LogP contribution in [0.3, 0.4) is 0 Å². The molecule has 0 atom stereocenters. The third-order valence-corrected chi connectivity index (χ3v) is 9.12. The molecule has 1 heterocycles. The quantitative estimate of drug-likeness (QED) is 0.517. The normalized spacial score (nSPS) is 13.6. The number of rotatable bonds is 6. The van der Waals surface area contributed by atoms with E-state index >= 15 is 0 Å². The average molecular weight is 520 g/mol. The second-order valence-electron chi connectivity index (χ2n) is 7.76. The van der Waals surface area contributed by atoms with E-state index in [1.807, 2.05) is 0 Å². The first-order valence-corrected chi connectivity index (χ1v) is 13.6. The molecule has 1 aliphatic heterocycles. The SMILES string of the molecule is CNS(=O)(=O)c1ccc(C)c(NC(=O)c2ccc3c(c2)CCN3S(=O)(=O)c2ccc(Cl)cc2)c1. The van der Waals surface area contributed by atoms with Crippen LogP contribution in [0.1, 0.15) is 21.5 Å². The second-order valence-corrected chi connectivity index (χ2v) is 11.9. The van der Waals surface area contributed by atoms with E-state index in [0.717, 1.165) is 5.56 Å². The summed E-state index contributed by atoms with van der Waals surface area (Å²) in [6.07, 6.45) is 0.457. The molecule has 4 rings (SSSR count). The Morgan fingerprint density at radius 2 is 1.62 bits per heavy atom. The summed E-state index contributed by atoms with van der Waals surface area (Å²) in [6, 6.07) is 15.3. The van der Waals surface area contributed by atoms with Gasteiger partial charge in [-0.25, -0.2) is 21.6 Å². The number of anilines is 2. The standard InChI is InChI=1S/C23H22ClN3O5S2/c1-15-3-7-20(33(29,30)25-2)14-21(15)26-23(28)17-4-10-22-16(13-17)11-12-27(22)34(31,32)19-8-5-18(24)6-9-19/h3-10,13-14,25H,11-12H2,1-2H3,(H,26,28). The summed E-state index contributed by atoms with van der Waals surface area (Å²) in [6.45, 7) is 2.02. The van der Waals surface area contributed by atoms with Crippen LogP contribution >= 0.6 is 11.6 Å². The summed E-state index contributed by atoms with van der Waals surface area (Å²) >= 11 is 5.88. The first-order valence-electron chi connectivity index (χ1n) is 10.3. The van der Waals surface area contributed by atoms with E-state index in [9.17, 15) is 21.6 Å². The smallest absolute Gasteiger partial charge is 0.264 e. The number of aryl methyl sites for hydroxylation is 1. The summed E-state index contributed by atoms with van der Waals surface area (Å²) in [5.74, 6) is -0.427. The lowest BCUT2D eigenvalue weighted by atomic mass is 10.1. The van der Waals surface area contributed by atoms with Gasteiger partial charge in [-0.1, -0.05) is 17.7 Å². The van der Waals surface area contributed by atoms with Crippen LogP contribution in [0.25, 0.3) is 0 Å². The van der Waals surface area contributed by atoms with Crippen LogP contribution in [0.15, 0.2) is 70.5 Å². The number of hydrogen-bond acceptors (Lipinski definition) is 5. The summed E-state index contributed by atoms with van der Waals surface area (Å²) < 4.78 is 53.9. The van der Waals surface area contributed by atoms with Gasteiger partial charge in [0.25, 0.3) is 15.9 Å². The number of carbonyl (C=O) groups is 1. The lowest BCUT2D eigenvalue weighted by Crippen LogP contribution is -2.29. The lowest BCUT2D eigenvalue weighted by Gasteiger charge is -2.20. The maximum atomic E-state index is 13.1. The fourth-order valence-corrected chi connectivity index (χ4v) is 6.10. The minimum atomic E-state index is -3.77. The van der Waals surface area contributed by atoms with Crippen molar-refractivity contribution < 1.29 is 21.6 Å². The Balaban J connectivity index is 1.59. The molecule has 1 aliphatic rings. The summed E-state index contributed by atoms with van der Waals surface area (Å²) in [7, 11) is -6.11. The van der Waals surface area contributed by atoms with Gasteiger partial charge in [0.15, 0.2) is 0 Å². The highest BCUT2D eigenvalue weighted by Crippen LogP contribution is 2.34. The molecule has 3 aromatic carbocycles. The molecule has 0 radical (unpaired) electrons. The largest absolute Gasteiger partial charge is 0.322 e. The van der Waals surface area contributed by atoms with Gasteiger partial charge in [0.2, 0.25) is 10.0 Å². The maximum absolute atomic E-state index is 13.1. The van der Waals surface area contributed by atoms with E-state index in [1.54, 1.807) is 31.2 Å². The molecule has 0 aromatic heterocycles. The molecule has 0 bridgehead atoms. The number of hydrogen-bond donors (Lipinski definition) is 2. The van der Waals surface area contributed by atoms with Crippen molar-refractivity contribution in [2.24, 2.45) is 0 Å². The van der Waals surface area contributed by atoms with Gasteiger partial charge in [0.1, 0.15) is 0 Å². The van der Waals surface area contributed by atoms with Crippen molar-refractivity contribution in [3.8, 4) is 0 Å². The van der Waals surface area contributed by atoms with Crippen LogP contribution < -0.4 is 14.3 Å². The number of nitrogens with one attached hydrogen (secondary N) is 2. The van der Waals surface area contributed by atoms with E-state index < -0.39 is 26.0 Å². The first-order chi connectivity index (χ1) is 16.0. The van der Waals surface area contributed by atoms with Crippen molar-refractivity contribution in [2.75, 3.05) is 23.2 Å². The van der Waals surface area contributed by atoms with Gasteiger partial charge in [-0.05, 0) is 86.1 Å². The average Bonchev–Trinajstić information content (AvgIpc) is 3.25. The van der Waals surface area contributed by atoms with Gasteiger partial charge in [-0.3, -0.25) is 9.10 Å². The number of benzene rings is 3. The highest BCUT2D eigenvalue weighted by molar-refractivity contribution is 7.92. The van der Waals surface area contributed by atoms with Crippen LogP contribution in [0.2, 0.25) is 5.02 Å². The predicted molar refractivity (Wildman–Crippen MR) is 132 cm³/mol.